The van der Waals surface area contributed by atoms with Gasteiger partial charge in [0.2, 0.25) is 0 Å². The van der Waals surface area contributed by atoms with E-state index in [1.165, 1.54) is 48.5 Å². The zero-order valence-electron chi connectivity index (χ0n) is 19.3. The highest BCUT2D eigenvalue weighted by Gasteiger charge is 2.26. The number of esters is 1. The van der Waals surface area contributed by atoms with Gasteiger partial charge in [-0.3, -0.25) is 19.2 Å². The molecule has 0 unspecified atom stereocenters. The molecule has 0 saturated carbocycles. The van der Waals surface area contributed by atoms with Gasteiger partial charge in [-0.15, -0.1) is 6.58 Å². The van der Waals surface area contributed by atoms with Crippen LogP contribution in [0.3, 0.4) is 0 Å². The Morgan fingerprint density at radius 1 is 1.03 bits per heavy atom. The molecule has 0 aromatic heterocycles. The quantitative estimate of drug-likeness (QED) is 0.136. The zero-order chi connectivity index (χ0) is 28.0. The van der Waals surface area contributed by atoms with E-state index in [-0.39, 0.29) is 38.4 Å². The number of nitro groups is 1. The summed E-state index contributed by atoms with van der Waals surface area (Å²) in [4.78, 5) is 34.9. The average Bonchev–Trinajstić information content (AvgIpc) is 2.87. The minimum Gasteiger partial charge on any atom is -0.452 e. The topological polar surface area (TPSA) is 136 Å². The Balaban J connectivity index is 1.79. The number of benzene rings is 3. The van der Waals surface area contributed by atoms with Crippen LogP contribution in [0.25, 0.3) is 0 Å². The molecule has 0 aliphatic rings. The third-order valence-electron chi connectivity index (χ3n) is 4.92. The lowest BCUT2D eigenvalue weighted by Crippen LogP contribution is -2.31. The van der Waals surface area contributed by atoms with Crippen molar-refractivity contribution in [3.05, 3.63) is 104 Å². The standard InChI is InChI=1S/C24H18Cl3N3O7S/c1-2-11-29(16-5-3-15(25)4-6-16)38(35,36)18-8-10-20(26)19(13-18)24(32)37-14-23(31)28-22-12-17(30(33)34)7-9-21(22)27/h2-10,12-13H,1,11,14H2,(H,28,31). The van der Waals surface area contributed by atoms with E-state index in [0.717, 1.165) is 22.5 Å². The molecule has 14 heteroatoms. The molecule has 1 N–H and O–H groups in total. The summed E-state index contributed by atoms with van der Waals surface area (Å²) in [6, 6.07) is 13.0. The van der Waals surface area contributed by atoms with Crippen LogP contribution in [0.15, 0.2) is 78.2 Å². The van der Waals surface area contributed by atoms with Crippen LogP contribution in [0.5, 0.6) is 0 Å². The van der Waals surface area contributed by atoms with Gasteiger partial charge in [0, 0.05) is 17.2 Å². The molecule has 38 heavy (non-hydrogen) atoms. The lowest BCUT2D eigenvalue weighted by molar-refractivity contribution is -0.384. The molecule has 0 aliphatic carbocycles. The summed E-state index contributed by atoms with van der Waals surface area (Å²) in [6.45, 7) is 2.71. The van der Waals surface area contributed by atoms with Crippen LogP contribution in [0.4, 0.5) is 17.1 Å². The summed E-state index contributed by atoms with van der Waals surface area (Å²) in [5, 5.41) is 13.6. The highest BCUT2D eigenvalue weighted by atomic mass is 35.5. The predicted molar refractivity (Wildman–Crippen MR) is 145 cm³/mol. The molecule has 0 atom stereocenters. The van der Waals surface area contributed by atoms with Gasteiger partial charge < -0.3 is 10.1 Å². The van der Waals surface area contributed by atoms with Crippen molar-refractivity contribution in [1.29, 1.82) is 0 Å². The molecule has 3 aromatic carbocycles. The first kappa shape index (κ1) is 28.9. The smallest absolute Gasteiger partial charge is 0.340 e. The van der Waals surface area contributed by atoms with Crippen molar-refractivity contribution >= 4 is 73.8 Å². The fraction of sp³-hybridized carbons (Fsp3) is 0.0833. The maximum absolute atomic E-state index is 13.4. The molecule has 0 saturated heterocycles. The van der Waals surface area contributed by atoms with Crippen molar-refractivity contribution in [3.63, 3.8) is 0 Å². The van der Waals surface area contributed by atoms with Crippen molar-refractivity contribution in [2.24, 2.45) is 0 Å². The van der Waals surface area contributed by atoms with Crippen molar-refractivity contribution in [2.75, 3.05) is 22.8 Å². The number of rotatable bonds is 10. The van der Waals surface area contributed by atoms with Crippen LogP contribution >= 0.6 is 34.8 Å². The van der Waals surface area contributed by atoms with E-state index in [1.807, 2.05) is 0 Å². The molecular formula is C24H18Cl3N3O7S. The van der Waals surface area contributed by atoms with Crippen LogP contribution in [-0.2, 0) is 19.6 Å². The molecule has 0 heterocycles. The van der Waals surface area contributed by atoms with Gasteiger partial charge in [0.25, 0.3) is 21.6 Å². The average molecular weight is 599 g/mol. The number of carbonyl (C=O) groups excluding carboxylic acids is 2. The molecule has 0 bridgehead atoms. The number of amides is 1. The van der Waals surface area contributed by atoms with Crippen molar-refractivity contribution in [3.8, 4) is 0 Å². The lowest BCUT2D eigenvalue weighted by Gasteiger charge is -2.23. The second-order valence-corrected chi connectivity index (χ2v) is 10.6. The van der Waals surface area contributed by atoms with E-state index in [9.17, 15) is 28.1 Å². The number of nitrogens with zero attached hydrogens (tertiary/aromatic N) is 2. The molecule has 0 radical (unpaired) electrons. The number of anilines is 2. The van der Waals surface area contributed by atoms with E-state index in [1.54, 1.807) is 0 Å². The maximum Gasteiger partial charge on any atom is 0.340 e. The minimum atomic E-state index is -4.19. The first-order valence-electron chi connectivity index (χ1n) is 10.5. The van der Waals surface area contributed by atoms with Gasteiger partial charge >= 0.3 is 5.97 Å². The van der Waals surface area contributed by atoms with Gasteiger partial charge in [0.15, 0.2) is 6.61 Å². The maximum atomic E-state index is 13.4. The number of nitrogens with one attached hydrogen (secondary N) is 1. The third kappa shape index (κ3) is 6.81. The number of carbonyl (C=O) groups is 2. The largest absolute Gasteiger partial charge is 0.452 e. The second-order valence-electron chi connectivity index (χ2n) is 7.49. The van der Waals surface area contributed by atoms with Gasteiger partial charge in [-0.1, -0.05) is 40.9 Å². The second kappa shape index (κ2) is 12.3. The van der Waals surface area contributed by atoms with E-state index in [0.29, 0.717) is 10.7 Å². The van der Waals surface area contributed by atoms with Gasteiger partial charge in [-0.2, -0.15) is 0 Å². The van der Waals surface area contributed by atoms with Gasteiger partial charge in [-0.25, -0.2) is 13.2 Å². The van der Waals surface area contributed by atoms with Gasteiger partial charge in [-0.05, 0) is 48.5 Å². The summed E-state index contributed by atoms with van der Waals surface area (Å²) in [5.41, 5.74) is -0.360. The Hall–Kier alpha value is -3.64. The van der Waals surface area contributed by atoms with Crippen LogP contribution in [0, 0.1) is 10.1 Å². The molecular weight excluding hydrogens is 581 g/mol. The van der Waals surface area contributed by atoms with Crippen molar-refractivity contribution in [1.82, 2.24) is 0 Å². The normalized spacial score (nSPS) is 10.9. The SMILES string of the molecule is C=CCN(c1ccc(Cl)cc1)S(=O)(=O)c1ccc(Cl)c(C(=O)OCC(=O)Nc2cc([N+](=O)[O-])ccc2Cl)c1. The minimum absolute atomic E-state index is 0.0287. The highest BCUT2D eigenvalue weighted by Crippen LogP contribution is 2.29. The van der Waals surface area contributed by atoms with E-state index >= 15 is 0 Å². The summed E-state index contributed by atoms with van der Waals surface area (Å²) in [5.74, 6) is -1.92. The summed E-state index contributed by atoms with van der Waals surface area (Å²) >= 11 is 18.0. The third-order valence-corrected chi connectivity index (χ3v) is 7.63. The number of ether oxygens (including phenoxy) is 1. The number of hydrogen-bond donors (Lipinski definition) is 1. The Labute approximate surface area is 232 Å². The number of nitro benzene ring substituents is 1. The number of halogens is 3. The molecule has 1 amide bonds. The van der Waals surface area contributed by atoms with Gasteiger partial charge in [0.05, 0.1) is 43.3 Å². The molecule has 0 fully saturated rings. The van der Waals surface area contributed by atoms with E-state index in [4.69, 9.17) is 39.5 Å². The molecule has 3 rings (SSSR count). The Morgan fingerprint density at radius 2 is 1.68 bits per heavy atom. The van der Waals surface area contributed by atoms with Crippen molar-refractivity contribution in [2.45, 2.75) is 4.90 Å². The monoisotopic (exact) mass is 597 g/mol. The summed E-state index contributed by atoms with van der Waals surface area (Å²) in [7, 11) is -4.19. The number of hydrogen-bond acceptors (Lipinski definition) is 7. The first-order chi connectivity index (χ1) is 17.9. The fourth-order valence-electron chi connectivity index (χ4n) is 3.13. The summed E-state index contributed by atoms with van der Waals surface area (Å²) in [6.07, 6.45) is 1.39. The zero-order valence-corrected chi connectivity index (χ0v) is 22.4. The van der Waals surface area contributed by atoms with Crippen molar-refractivity contribution < 1.29 is 27.7 Å². The number of sulfonamides is 1. The van der Waals surface area contributed by atoms with Crippen LogP contribution in [-0.4, -0.2) is 38.4 Å². The summed E-state index contributed by atoms with van der Waals surface area (Å²) < 4.78 is 32.8. The van der Waals surface area contributed by atoms with Crippen LogP contribution < -0.4 is 9.62 Å². The highest BCUT2D eigenvalue weighted by molar-refractivity contribution is 7.92. The Morgan fingerprint density at radius 3 is 2.32 bits per heavy atom. The van der Waals surface area contributed by atoms with Gasteiger partial charge in [0.1, 0.15) is 0 Å². The molecule has 198 valence electrons. The fourth-order valence-corrected chi connectivity index (χ4v) is 5.08. The molecule has 10 nitrogen and oxygen atoms in total. The molecule has 3 aromatic rings. The first-order valence-corrected chi connectivity index (χ1v) is 13.1. The van der Waals surface area contributed by atoms with E-state index in [2.05, 4.69) is 11.9 Å². The number of non-ortho nitro benzene ring substituents is 1. The van der Waals surface area contributed by atoms with E-state index < -0.39 is 33.4 Å². The van der Waals surface area contributed by atoms with Crippen LogP contribution in [0.1, 0.15) is 10.4 Å². The Bertz CT molecular complexity index is 1510. The van der Waals surface area contributed by atoms with Crippen LogP contribution in [0.2, 0.25) is 15.1 Å². The molecule has 0 spiro atoms. The Kier molecular flexibility index (Phi) is 9.34. The lowest BCUT2D eigenvalue weighted by atomic mass is 10.2. The molecule has 0 aliphatic heterocycles. The predicted octanol–water partition coefficient (Wildman–Crippen LogP) is 5.73.